The molecule has 4 amide bonds. The molecule has 0 aromatic carbocycles. The minimum atomic E-state index is -0.637. The van der Waals surface area contributed by atoms with Gasteiger partial charge >= 0.3 is 0 Å². The molecule has 2 aromatic heterocycles. The molecule has 2 aliphatic rings. The van der Waals surface area contributed by atoms with Crippen LogP contribution in [0.5, 0.6) is 0 Å². The molecule has 4 heterocycles. The van der Waals surface area contributed by atoms with Gasteiger partial charge in [0.05, 0.1) is 35.4 Å². The third-order valence-corrected chi connectivity index (χ3v) is 5.86. The number of ketones is 1. The van der Waals surface area contributed by atoms with Gasteiger partial charge in [0.15, 0.2) is 5.78 Å². The molecule has 0 unspecified atom stereocenters. The van der Waals surface area contributed by atoms with Crippen LogP contribution in [-0.4, -0.2) is 51.0 Å². The summed E-state index contributed by atoms with van der Waals surface area (Å²) >= 11 is 1.37. The van der Waals surface area contributed by atoms with E-state index in [0.717, 1.165) is 9.80 Å². The van der Waals surface area contributed by atoms with Gasteiger partial charge in [0, 0.05) is 12.2 Å². The van der Waals surface area contributed by atoms with Gasteiger partial charge in [-0.3, -0.25) is 33.8 Å². The Kier molecular flexibility index (Phi) is 5.46. The van der Waals surface area contributed by atoms with E-state index >= 15 is 0 Å². The number of hydrogen-bond donors (Lipinski definition) is 0. The highest BCUT2D eigenvalue weighted by molar-refractivity contribution is 8.18. The Morgan fingerprint density at radius 2 is 1.23 bits per heavy atom. The predicted molar refractivity (Wildman–Crippen MR) is 108 cm³/mol. The number of carbonyl (C=O) groups is 5. The Balaban J connectivity index is 1.41. The maximum absolute atomic E-state index is 12.4. The summed E-state index contributed by atoms with van der Waals surface area (Å²) in [5.41, 5.74) is 0. The molecule has 0 saturated carbocycles. The lowest BCUT2D eigenvalue weighted by atomic mass is 10.3. The Morgan fingerprint density at radius 1 is 0.800 bits per heavy atom. The van der Waals surface area contributed by atoms with E-state index in [-0.39, 0.29) is 9.81 Å². The number of nitrogens with zero attached hydrogens (tertiary/aromatic N) is 2. The van der Waals surface area contributed by atoms with Crippen molar-refractivity contribution in [1.29, 1.82) is 0 Å². The van der Waals surface area contributed by atoms with Crippen molar-refractivity contribution >= 4 is 63.8 Å². The van der Waals surface area contributed by atoms with Gasteiger partial charge in [-0.05, 0) is 47.8 Å². The second-order valence-electron chi connectivity index (χ2n) is 6.11. The zero-order valence-electron chi connectivity index (χ0n) is 15.1. The number of thioether (sulfide) groups is 2. The highest BCUT2D eigenvalue weighted by Gasteiger charge is 2.39. The Hall–Kier alpha value is -3.31. The number of furan rings is 2. The summed E-state index contributed by atoms with van der Waals surface area (Å²) < 4.78 is 10.2. The molecule has 2 aromatic rings. The van der Waals surface area contributed by atoms with Crippen molar-refractivity contribution in [2.75, 3.05) is 13.1 Å². The van der Waals surface area contributed by atoms with Gasteiger partial charge in [-0.1, -0.05) is 0 Å². The summed E-state index contributed by atoms with van der Waals surface area (Å²) in [4.78, 5) is 63.3. The lowest BCUT2D eigenvalue weighted by Gasteiger charge is -2.15. The van der Waals surface area contributed by atoms with E-state index in [2.05, 4.69) is 0 Å². The Labute approximate surface area is 177 Å². The molecular formula is C19H12N2O7S2. The topological polar surface area (TPSA) is 118 Å². The molecule has 30 heavy (non-hydrogen) atoms. The quantitative estimate of drug-likeness (QED) is 0.619. The van der Waals surface area contributed by atoms with Crippen LogP contribution in [0.15, 0.2) is 55.4 Å². The first-order valence-electron chi connectivity index (χ1n) is 8.52. The van der Waals surface area contributed by atoms with Gasteiger partial charge in [-0.2, -0.15) is 0 Å². The highest BCUT2D eigenvalue weighted by atomic mass is 32.2. The monoisotopic (exact) mass is 444 g/mol. The molecule has 0 bridgehead atoms. The highest BCUT2D eigenvalue weighted by Crippen LogP contribution is 2.34. The molecule has 0 N–H and O–H groups in total. The standard InChI is InChI=1S/C19H12N2O7S2/c22-11(9-20-16(23)14(29-18(20)25)7-12-3-1-5-27-12)10-21-17(24)15(30-19(21)26)8-13-4-2-6-28-13/h1-8H,9-10H2/b14-7-,15-8-. The molecule has 0 aliphatic carbocycles. The molecule has 152 valence electrons. The molecule has 2 fully saturated rings. The van der Waals surface area contributed by atoms with E-state index in [0.29, 0.717) is 35.0 Å². The van der Waals surface area contributed by atoms with Crippen LogP contribution in [0.25, 0.3) is 12.2 Å². The molecule has 0 spiro atoms. The number of carbonyl (C=O) groups excluding carboxylic acids is 5. The third-order valence-electron chi connectivity index (χ3n) is 4.05. The van der Waals surface area contributed by atoms with Crippen LogP contribution in [0.4, 0.5) is 9.59 Å². The summed E-state index contributed by atoms with van der Waals surface area (Å²) in [5.74, 6) is -1.11. The van der Waals surface area contributed by atoms with E-state index in [4.69, 9.17) is 8.83 Å². The van der Waals surface area contributed by atoms with Crippen LogP contribution in [-0.2, 0) is 14.4 Å². The van der Waals surface area contributed by atoms with Gasteiger partial charge < -0.3 is 8.83 Å². The van der Waals surface area contributed by atoms with Crippen molar-refractivity contribution < 1.29 is 32.8 Å². The predicted octanol–water partition coefficient (Wildman–Crippen LogP) is 3.21. The maximum atomic E-state index is 12.4. The van der Waals surface area contributed by atoms with Crippen LogP contribution in [0.1, 0.15) is 11.5 Å². The van der Waals surface area contributed by atoms with Gasteiger partial charge in [0.25, 0.3) is 22.3 Å². The summed E-state index contributed by atoms with van der Waals surface area (Å²) in [6.07, 6.45) is 5.67. The zero-order chi connectivity index (χ0) is 21.3. The van der Waals surface area contributed by atoms with E-state index < -0.39 is 41.2 Å². The van der Waals surface area contributed by atoms with E-state index in [1.54, 1.807) is 24.3 Å². The van der Waals surface area contributed by atoms with Crippen molar-refractivity contribution in [2.24, 2.45) is 0 Å². The van der Waals surface area contributed by atoms with Gasteiger partial charge in [-0.15, -0.1) is 0 Å². The molecule has 11 heteroatoms. The molecule has 0 atom stereocenters. The van der Waals surface area contributed by atoms with Crippen molar-refractivity contribution in [3.8, 4) is 0 Å². The first-order chi connectivity index (χ1) is 14.4. The summed E-state index contributed by atoms with van der Waals surface area (Å²) in [6.45, 7) is -1.09. The van der Waals surface area contributed by atoms with Crippen LogP contribution >= 0.6 is 23.5 Å². The van der Waals surface area contributed by atoms with Gasteiger partial charge in [-0.25, -0.2) is 0 Å². The second-order valence-corrected chi connectivity index (χ2v) is 8.09. The fourth-order valence-corrected chi connectivity index (χ4v) is 4.32. The van der Waals surface area contributed by atoms with E-state index in [1.165, 1.54) is 24.7 Å². The first kappa shape index (κ1) is 20.0. The minimum Gasteiger partial charge on any atom is -0.465 e. The van der Waals surface area contributed by atoms with Crippen LogP contribution in [0, 0.1) is 0 Å². The molecule has 2 saturated heterocycles. The first-order valence-corrected chi connectivity index (χ1v) is 10.1. The van der Waals surface area contributed by atoms with Crippen molar-refractivity contribution in [3.63, 3.8) is 0 Å². The maximum Gasteiger partial charge on any atom is 0.293 e. The summed E-state index contributed by atoms with van der Waals surface area (Å²) in [7, 11) is 0. The fraction of sp³-hybridized carbons (Fsp3) is 0.105. The Bertz CT molecular complexity index is 1010. The summed E-state index contributed by atoms with van der Waals surface area (Å²) in [6, 6.07) is 6.51. The normalized spacial score (nSPS) is 19.7. The SMILES string of the molecule is O=C(CN1C(=O)S/C(=C\c2ccco2)C1=O)CN1C(=O)S/C(=C\c2ccco2)C1=O. The lowest BCUT2D eigenvalue weighted by Crippen LogP contribution is -2.40. The van der Waals surface area contributed by atoms with Crippen LogP contribution in [0.3, 0.4) is 0 Å². The molecular weight excluding hydrogens is 432 g/mol. The number of Topliss-reactive ketones (excluding diaryl/α,β-unsaturated/α-hetero) is 1. The van der Waals surface area contributed by atoms with Crippen LogP contribution in [0.2, 0.25) is 0 Å². The van der Waals surface area contributed by atoms with E-state index in [1.807, 2.05) is 0 Å². The molecule has 2 aliphatic heterocycles. The van der Waals surface area contributed by atoms with Crippen molar-refractivity contribution in [1.82, 2.24) is 9.80 Å². The lowest BCUT2D eigenvalue weighted by molar-refractivity contribution is -0.131. The van der Waals surface area contributed by atoms with Crippen molar-refractivity contribution in [2.45, 2.75) is 0 Å². The number of imide groups is 2. The molecule has 9 nitrogen and oxygen atoms in total. The Morgan fingerprint density at radius 3 is 1.60 bits per heavy atom. The third kappa shape index (κ3) is 4.02. The van der Waals surface area contributed by atoms with Gasteiger partial charge in [0.2, 0.25) is 0 Å². The van der Waals surface area contributed by atoms with Crippen molar-refractivity contribution in [3.05, 3.63) is 58.1 Å². The van der Waals surface area contributed by atoms with E-state index in [9.17, 15) is 24.0 Å². The second kappa shape index (κ2) is 8.20. The average Bonchev–Trinajstić information content (AvgIpc) is 3.49. The average molecular weight is 444 g/mol. The fourth-order valence-electron chi connectivity index (χ4n) is 2.68. The van der Waals surface area contributed by atoms with Gasteiger partial charge in [0.1, 0.15) is 11.5 Å². The number of rotatable bonds is 6. The number of amides is 4. The minimum absolute atomic E-state index is 0.121. The summed E-state index contributed by atoms with van der Waals surface area (Å²) in [5, 5.41) is -1.23. The number of hydrogen-bond acceptors (Lipinski definition) is 9. The molecule has 4 rings (SSSR count). The zero-order valence-corrected chi connectivity index (χ0v) is 16.7. The van der Waals surface area contributed by atoms with Crippen LogP contribution < -0.4 is 0 Å². The molecule has 0 radical (unpaired) electrons. The largest absolute Gasteiger partial charge is 0.465 e. The smallest absolute Gasteiger partial charge is 0.293 e.